The van der Waals surface area contributed by atoms with E-state index in [9.17, 15) is 4.79 Å². The van der Waals surface area contributed by atoms with Crippen molar-refractivity contribution in [2.45, 2.75) is 20.0 Å². The van der Waals surface area contributed by atoms with E-state index in [0.29, 0.717) is 24.7 Å². The largest absolute Gasteiger partial charge is 0.350 e. The molecule has 2 N–H and O–H groups in total. The lowest BCUT2D eigenvalue weighted by Crippen LogP contribution is -2.24. The number of pyridine rings is 1. The molecule has 1 aromatic carbocycles. The summed E-state index contributed by atoms with van der Waals surface area (Å²) in [6, 6.07) is 13.4. The van der Waals surface area contributed by atoms with Gasteiger partial charge in [0.25, 0.3) is 5.91 Å². The van der Waals surface area contributed by atoms with Gasteiger partial charge in [0.1, 0.15) is 5.69 Å². The van der Waals surface area contributed by atoms with Gasteiger partial charge < -0.3 is 10.6 Å². The number of anilines is 1. The van der Waals surface area contributed by atoms with E-state index in [1.807, 2.05) is 30.3 Å². The molecule has 126 valence electrons. The highest BCUT2D eigenvalue weighted by Crippen LogP contribution is 2.09. The lowest BCUT2D eigenvalue weighted by atomic mass is 10.1. The number of aromatic nitrogens is 3. The maximum atomic E-state index is 12.3. The summed E-state index contributed by atoms with van der Waals surface area (Å²) >= 11 is 0. The number of carbonyl (C=O) groups excluding carboxylic acids is 1. The Hall–Kier alpha value is -3.28. The highest BCUT2D eigenvalue weighted by Gasteiger charge is 2.09. The molecule has 1 amide bonds. The molecule has 2 aromatic heterocycles. The number of rotatable bonds is 6. The van der Waals surface area contributed by atoms with E-state index in [0.717, 1.165) is 5.56 Å². The number of hydrogen-bond donors (Lipinski definition) is 2. The first-order valence-corrected chi connectivity index (χ1v) is 8.01. The van der Waals surface area contributed by atoms with Crippen molar-refractivity contribution in [2.24, 2.45) is 0 Å². The fourth-order valence-electron chi connectivity index (χ4n) is 2.33. The molecule has 0 unspecified atom stereocenters. The molecule has 0 bridgehead atoms. The first-order valence-electron chi connectivity index (χ1n) is 8.01. The van der Waals surface area contributed by atoms with Gasteiger partial charge in [0, 0.05) is 31.7 Å². The van der Waals surface area contributed by atoms with E-state index in [2.05, 4.69) is 38.6 Å². The van der Waals surface area contributed by atoms with Gasteiger partial charge in [0.15, 0.2) is 0 Å². The fourth-order valence-corrected chi connectivity index (χ4v) is 2.33. The number of nitrogens with zero attached hydrogens (tertiary/aromatic N) is 3. The molecule has 0 radical (unpaired) electrons. The Balaban J connectivity index is 1.61. The second kappa shape index (κ2) is 8.01. The predicted molar refractivity (Wildman–Crippen MR) is 95.9 cm³/mol. The second-order valence-corrected chi connectivity index (χ2v) is 5.58. The van der Waals surface area contributed by atoms with E-state index < -0.39 is 0 Å². The van der Waals surface area contributed by atoms with Crippen molar-refractivity contribution in [2.75, 3.05) is 5.32 Å². The molecule has 25 heavy (non-hydrogen) atoms. The van der Waals surface area contributed by atoms with Crippen molar-refractivity contribution >= 4 is 11.9 Å². The van der Waals surface area contributed by atoms with E-state index in [4.69, 9.17) is 0 Å². The third-order valence-electron chi connectivity index (χ3n) is 3.79. The van der Waals surface area contributed by atoms with Gasteiger partial charge in [-0.1, -0.05) is 24.3 Å². The Kier molecular flexibility index (Phi) is 5.31. The molecule has 3 rings (SSSR count). The maximum absolute atomic E-state index is 12.3. The zero-order valence-corrected chi connectivity index (χ0v) is 13.9. The minimum absolute atomic E-state index is 0.238. The van der Waals surface area contributed by atoms with Crippen LogP contribution >= 0.6 is 0 Å². The fraction of sp³-hybridized carbons (Fsp3) is 0.158. The molecule has 0 atom stereocenters. The first-order chi connectivity index (χ1) is 12.2. The molecule has 0 saturated carbocycles. The van der Waals surface area contributed by atoms with Crippen LogP contribution in [0.2, 0.25) is 0 Å². The Morgan fingerprint density at radius 3 is 2.60 bits per heavy atom. The van der Waals surface area contributed by atoms with Gasteiger partial charge in [-0.25, -0.2) is 9.97 Å². The SMILES string of the molecule is Cc1ccccc1CNc1nccc(C(=O)NCc2ccncc2)n1. The van der Waals surface area contributed by atoms with Gasteiger partial charge in [0.05, 0.1) is 0 Å². The van der Waals surface area contributed by atoms with Crippen molar-refractivity contribution in [3.05, 3.63) is 83.4 Å². The highest BCUT2D eigenvalue weighted by molar-refractivity contribution is 5.92. The predicted octanol–water partition coefficient (Wildman–Crippen LogP) is 2.72. The topological polar surface area (TPSA) is 79.8 Å². The van der Waals surface area contributed by atoms with Crippen LogP contribution in [0.5, 0.6) is 0 Å². The number of carbonyl (C=O) groups is 1. The minimum atomic E-state index is -0.238. The van der Waals surface area contributed by atoms with Crippen LogP contribution < -0.4 is 10.6 Å². The van der Waals surface area contributed by atoms with Crippen molar-refractivity contribution in [3.8, 4) is 0 Å². The lowest BCUT2D eigenvalue weighted by molar-refractivity contribution is 0.0946. The second-order valence-electron chi connectivity index (χ2n) is 5.58. The summed E-state index contributed by atoms with van der Waals surface area (Å²) in [6.07, 6.45) is 4.97. The zero-order chi connectivity index (χ0) is 17.5. The third kappa shape index (κ3) is 4.60. The Morgan fingerprint density at radius 2 is 1.80 bits per heavy atom. The maximum Gasteiger partial charge on any atom is 0.270 e. The number of aryl methyl sites for hydroxylation is 1. The van der Waals surface area contributed by atoms with Crippen LogP contribution in [0, 0.1) is 6.92 Å². The standard InChI is InChI=1S/C19H19N5O/c1-14-4-2-3-5-16(14)13-23-19-21-11-8-17(24-19)18(25)22-12-15-6-9-20-10-7-15/h2-11H,12-13H2,1H3,(H,22,25)(H,21,23,24). The Bertz CT molecular complexity index is 851. The Morgan fingerprint density at radius 1 is 1.00 bits per heavy atom. The van der Waals surface area contributed by atoms with Crippen molar-refractivity contribution in [1.29, 1.82) is 0 Å². The molecule has 6 heteroatoms. The molecule has 0 aliphatic rings. The molecular weight excluding hydrogens is 314 g/mol. The van der Waals surface area contributed by atoms with Crippen molar-refractivity contribution in [3.63, 3.8) is 0 Å². The lowest BCUT2D eigenvalue weighted by Gasteiger charge is -2.09. The average molecular weight is 333 g/mol. The average Bonchev–Trinajstić information content (AvgIpc) is 2.66. The summed E-state index contributed by atoms with van der Waals surface area (Å²) in [7, 11) is 0. The number of benzene rings is 1. The number of nitrogens with one attached hydrogen (secondary N) is 2. The van der Waals surface area contributed by atoms with Gasteiger partial charge >= 0.3 is 0 Å². The van der Waals surface area contributed by atoms with Gasteiger partial charge in [-0.05, 0) is 41.8 Å². The smallest absolute Gasteiger partial charge is 0.270 e. The van der Waals surface area contributed by atoms with Crippen LogP contribution in [0.4, 0.5) is 5.95 Å². The van der Waals surface area contributed by atoms with Crippen molar-refractivity contribution in [1.82, 2.24) is 20.3 Å². The van der Waals surface area contributed by atoms with Gasteiger partial charge in [-0.2, -0.15) is 0 Å². The molecule has 0 saturated heterocycles. The number of amides is 1. The Labute approximate surface area is 146 Å². The molecule has 0 aliphatic heterocycles. The van der Waals surface area contributed by atoms with Gasteiger partial charge in [0.2, 0.25) is 5.95 Å². The van der Waals surface area contributed by atoms with Crippen LogP contribution in [0.1, 0.15) is 27.2 Å². The number of hydrogen-bond acceptors (Lipinski definition) is 5. The third-order valence-corrected chi connectivity index (χ3v) is 3.79. The summed E-state index contributed by atoms with van der Waals surface area (Å²) < 4.78 is 0. The van der Waals surface area contributed by atoms with E-state index in [1.165, 1.54) is 11.1 Å². The normalized spacial score (nSPS) is 10.3. The summed E-state index contributed by atoms with van der Waals surface area (Å²) in [6.45, 7) is 3.09. The van der Waals surface area contributed by atoms with Crippen LogP contribution in [0.25, 0.3) is 0 Å². The molecule has 6 nitrogen and oxygen atoms in total. The molecule has 3 aromatic rings. The molecule has 0 fully saturated rings. The van der Waals surface area contributed by atoms with Crippen LogP contribution in [-0.2, 0) is 13.1 Å². The van der Waals surface area contributed by atoms with Crippen LogP contribution in [0.15, 0.2) is 61.1 Å². The van der Waals surface area contributed by atoms with E-state index in [-0.39, 0.29) is 5.91 Å². The summed E-state index contributed by atoms with van der Waals surface area (Å²) in [5.74, 6) is 0.193. The van der Waals surface area contributed by atoms with Crippen LogP contribution in [-0.4, -0.2) is 20.9 Å². The first kappa shape index (κ1) is 16.6. The van der Waals surface area contributed by atoms with E-state index in [1.54, 1.807) is 24.7 Å². The minimum Gasteiger partial charge on any atom is -0.350 e. The summed E-state index contributed by atoms with van der Waals surface area (Å²) in [4.78, 5) is 24.7. The molecular formula is C19H19N5O. The molecule has 0 spiro atoms. The molecule has 2 heterocycles. The summed E-state index contributed by atoms with van der Waals surface area (Å²) in [5.41, 5.74) is 3.67. The van der Waals surface area contributed by atoms with Crippen LogP contribution in [0.3, 0.4) is 0 Å². The van der Waals surface area contributed by atoms with Gasteiger partial charge in [-0.15, -0.1) is 0 Å². The highest BCUT2D eigenvalue weighted by atomic mass is 16.1. The molecule has 0 aliphatic carbocycles. The summed E-state index contributed by atoms with van der Waals surface area (Å²) in [5, 5.41) is 6.00. The van der Waals surface area contributed by atoms with Crippen molar-refractivity contribution < 1.29 is 4.79 Å². The zero-order valence-electron chi connectivity index (χ0n) is 13.9. The monoisotopic (exact) mass is 333 g/mol. The quantitative estimate of drug-likeness (QED) is 0.725. The van der Waals surface area contributed by atoms with Gasteiger partial charge in [-0.3, -0.25) is 9.78 Å². The van der Waals surface area contributed by atoms with E-state index >= 15 is 0 Å².